The van der Waals surface area contributed by atoms with Crippen molar-refractivity contribution in [3.63, 3.8) is 0 Å². The fourth-order valence-electron chi connectivity index (χ4n) is 3.37. The summed E-state index contributed by atoms with van der Waals surface area (Å²) in [5, 5.41) is 0. The Morgan fingerprint density at radius 2 is 2.14 bits per heavy atom. The lowest BCUT2D eigenvalue weighted by atomic mass is 9.70. The summed E-state index contributed by atoms with van der Waals surface area (Å²) in [6, 6.07) is 0. The van der Waals surface area contributed by atoms with Crippen LogP contribution in [0.25, 0.3) is 0 Å². The van der Waals surface area contributed by atoms with Gasteiger partial charge in [0.1, 0.15) is 0 Å². The van der Waals surface area contributed by atoms with Crippen molar-refractivity contribution in [2.24, 2.45) is 27.5 Å². The van der Waals surface area contributed by atoms with Gasteiger partial charge in [-0.15, -0.1) is 0 Å². The summed E-state index contributed by atoms with van der Waals surface area (Å²) >= 11 is 0. The van der Waals surface area contributed by atoms with Gasteiger partial charge in [0.05, 0.1) is 6.54 Å². The highest BCUT2D eigenvalue weighted by Crippen LogP contribution is 2.63. The lowest BCUT2D eigenvalue weighted by Crippen LogP contribution is -2.32. The van der Waals surface area contributed by atoms with Crippen LogP contribution in [-0.4, -0.2) is 18.8 Å². The molecule has 0 aromatic rings. The molecule has 2 aliphatic rings. The smallest absolute Gasteiger partial charge is 0.0511 e. The van der Waals surface area contributed by atoms with Gasteiger partial charge in [-0.25, -0.2) is 0 Å². The minimum atomic E-state index is 0.368. The van der Waals surface area contributed by atoms with E-state index in [-0.39, 0.29) is 0 Å². The molecule has 0 saturated heterocycles. The second kappa shape index (κ2) is 3.06. The van der Waals surface area contributed by atoms with Crippen LogP contribution in [0, 0.1) is 16.7 Å². The summed E-state index contributed by atoms with van der Waals surface area (Å²) in [5.74, 6) is 0.865. The Kier molecular flexibility index (Phi) is 2.22. The van der Waals surface area contributed by atoms with Crippen LogP contribution in [0.4, 0.5) is 0 Å². The lowest BCUT2D eigenvalue weighted by Gasteiger charge is -2.34. The minimum absolute atomic E-state index is 0.368. The van der Waals surface area contributed by atoms with E-state index >= 15 is 0 Å². The maximum absolute atomic E-state index is 5.51. The van der Waals surface area contributed by atoms with Crippen LogP contribution in [0.2, 0.25) is 0 Å². The van der Waals surface area contributed by atoms with Crippen LogP contribution < -0.4 is 5.73 Å². The molecule has 0 heterocycles. The molecule has 80 valence electrons. The molecule has 2 bridgehead atoms. The third kappa shape index (κ3) is 1.10. The van der Waals surface area contributed by atoms with Gasteiger partial charge < -0.3 is 5.73 Å². The fraction of sp³-hybridized carbons (Fsp3) is 0.917. The molecule has 0 unspecified atom stereocenters. The summed E-state index contributed by atoms with van der Waals surface area (Å²) < 4.78 is 0. The van der Waals surface area contributed by atoms with Crippen molar-refractivity contribution in [3.8, 4) is 0 Å². The summed E-state index contributed by atoms with van der Waals surface area (Å²) in [7, 11) is 0. The molecule has 0 spiro atoms. The normalized spacial score (nSPS) is 42.3. The van der Waals surface area contributed by atoms with Crippen LogP contribution in [-0.2, 0) is 0 Å². The highest BCUT2D eigenvalue weighted by Gasteiger charge is 2.59. The van der Waals surface area contributed by atoms with E-state index in [2.05, 4.69) is 25.8 Å². The van der Waals surface area contributed by atoms with Gasteiger partial charge in [-0.2, -0.15) is 0 Å². The molecule has 0 amide bonds. The number of aliphatic imine (C=N–C) groups is 1. The quantitative estimate of drug-likeness (QED) is 0.719. The highest BCUT2D eigenvalue weighted by molar-refractivity contribution is 5.94. The third-order valence-electron chi connectivity index (χ3n) is 4.94. The molecule has 0 aliphatic heterocycles. The Hall–Kier alpha value is -0.370. The first kappa shape index (κ1) is 10.2. The topological polar surface area (TPSA) is 38.4 Å². The molecular weight excluding hydrogens is 172 g/mol. The number of hydrogen-bond donors (Lipinski definition) is 1. The maximum Gasteiger partial charge on any atom is 0.0511 e. The molecule has 2 rings (SSSR count). The number of nitrogens with two attached hydrogens (primary N) is 1. The van der Waals surface area contributed by atoms with E-state index in [1.807, 2.05) is 0 Å². The van der Waals surface area contributed by atoms with E-state index in [9.17, 15) is 0 Å². The van der Waals surface area contributed by atoms with Gasteiger partial charge in [-0.3, -0.25) is 4.99 Å². The van der Waals surface area contributed by atoms with Crippen LogP contribution in [0.3, 0.4) is 0 Å². The Bertz CT molecular complexity index is 267. The largest absolute Gasteiger partial charge is 0.329 e. The minimum Gasteiger partial charge on any atom is -0.329 e. The van der Waals surface area contributed by atoms with Crippen molar-refractivity contribution >= 4 is 5.71 Å². The molecule has 2 atom stereocenters. The van der Waals surface area contributed by atoms with Crippen LogP contribution in [0.1, 0.15) is 40.0 Å². The molecule has 2 aliphatic carbocycles. The van der Waals surface area contributed by atoms with E-state index in [0.29, 0.717) is 17.4 Å². The van der Waals surface area contributed by atoms with Crippen molar-refractivity contribution in [2.45, 2.75) is 40.0 Å². The molecule has 2 N–H and O–H groups in total. The molecule has 2 saturated carbocycles. The van der Waals surface area contributed by atoms with E-state index < -0.39 is 0 Å². The molecule has 0 aromatic carbocycles. The van der Waals surface area contributed by atoms with Crippen molar-refractivity contribution in [1.29, 1.82) is 0 Å². The van der Waals surface area contributed by atoms with Gasteiger partial charge in [0.15, 0.2) is 0 Å². The summed E-state index contributed by atoms with van der Waals surface area (Å²) in [5.41, 5.74) is 7.78. The third-order valence-corrected chi connectivity index (χ3v) is 4.94. The molecule has 2 fully saturated rings. The van der Waals surface area contributed by atoms with Crippen molar-refractivity contribution in [1.82, 2.24) is 0 Å². The second-order valence-electron chi connectivity index (χ2n) is 5.61. The molecule has 0 radical (unpaired) electrons. The van der Waals surface area contributed by atoms with E-state index in [1.165, 1.54) is 25.0 Å². The predicted molar refractivity (Wildman–Crippen MR) is 60.6 cm³/mol. The van der Waals surface area contributed by atoms with Gasteiger partial charge >= 0.3 is 0 Å². The second-order valence-corrected chi connectivity index (χ2v) is 5.61. The predicted octanol–water partition coefficient (Wildman–Crippen LogP) is 2.23. The Morgan fingerprint density at radius 1 is 1.43 bits per heavy atom. The van der Waals surface area contributed by atoms with E-state index in [0.717, 1.165) is 12.5 Å². The van der Waals surface area contributed by atoms with Crippen molar-refractivity contribution < 1.29 is 0 Å². The van der Waals surface area contributed by atoms with Crippen molar-refractivity contribution in [3.05, 3.63) is 0 Å². The first-order valence-electron chi connectivity index (χ1n) is 5.76. The van der Waals surface area contributed by atoms with Crippen LogP contribution in [0.15, 0.2) is 4.99 Å². The van der Waals surface area contributed by atoms with Crippen molar-refractivity contribution in [2.75, 3.05) is 13.1 Å². The Balaban J connectivity index is 2.27. The first-order chi connectivity index (χ1) is 6.52. The van der Waals surface area contributed by atoms with E-state index in [4.69, 9.17) is 5.73 Å². The van der Waals surface area contributed by atoms with E-state index in [1.54, 1.807) is 0 Å². The van der Waals surface area contributed by atoms with Gasteiger partial charge in [0, 0.05) is 17.7 Å². The molecular formula is C12H22N2. The average Bonchev–Trinajstić information content (AvgIpc) is 2.46. The maximum atomic E-state index is 5.51. The zero-order valence-corrected chi connectivity index (χ0v) is 9.64. The van der Waals surface area contributed by atoms with Crippen LogP contribution in [0.5, 0.6) is 0 Å². The lowest BCUT2D eigenvalue weighted by molar-refractivity contribution is 0.194. The molecule has 2 nitrogen and oxygen atoms in total. The Morgan fingerprint density at radius 3 is 2.57 bits per heavy atom. The van der Waals surface area contributed by atoms with Gasteiger partial charge in [-0.1, -0.05) is 20.8 Å². The fourth-order valence-corrected chi connectivity index (χ4v) is 3.37. The zero-order valence-electron chi connectivity index (χ0n) is 9.64. The number of rotatable bonds is 2. The summed E-state index contributed by atoms with van der Waals surface area (Å²) in [4.78, 5) is 4.68. The molecule has 14 heavy (non-hydrogen) atoms. The molecule has 0 aromatic heterocycles. The van der Waals surface area contributed by atoms with Crippen LogP contribution >= 0.6 is 0 Å². The molecule has 2 heteroatoms. The first-order valence-corrected chi connectivity index (χ1v) is 5.76. The van der Waals surface area contributed by atoms with Gasteiger partial charge in [0.25, 0.3) is 0 Å². The number of fused-ring (bicyclic) bond motifs is 2. The summed E-state index contributed by atoms with van der Waals surface area (Å²) in [6.45, 7) is 8.72. The van der Waals surface area contributed by atoms with Gasteiger partial charge in [0.2, 0.25) is 0 Å². The van der Waals surface area contributed by atoms with Gasteiger partial charge in [-0.05, 0) is 30.6 Å². The summed E-state index contributed by atoms with van der Waals surface area (Å²) in [6.07, 6.45) is 3.95. The monoisotopic (exact) mass is 194 g/mol. The highest BCUT2D eigenvalue weighted by atomic mass is 14.8. The zero-order chi connectivity index (χ0) is 10.4. The number of nitrogens with zero attached hydrogens (tertiary/aromatic N) is 1. The standard InChI is InChI=1S/C12H22N2/c1-11(2)9-4-5-12(11,3)10(8-9)14-7-6-13/h9H,4-8,13H2,1-3H3/t9-,12+/m0/s1. The Labute approximate surface area is 87.0 Å². The SMILES string of the molecule is CC1(C)[C@H]2CC[C@]1(C)C(=NCCN)C2. The average molecular weight is 194 g/mol. The number of hydrogen-bond acceptors (Lipinski definition) is 2.